The number of anilines is 1. The van der Waals surface area contributed by atoms with Crippen LogP contribution in [0, 0.1) is 0 Å². The van der Waals surface area contributed by atoms with Gasteiger partial charge in [-0.1, -0.05) is 12.1 Å². The number of benzene rings is 1. The molecular weight excluding hydrogens is 190 g/mol. The van der Waals surface area contributed by atoms with Crippen molar-refractivity contribution in [1.29, 1.82) is 0 Å². The summed E-state index contributed by atoms with van der Waals surface area (Å²) in [5.41, 5.74) is 7.84. The van der Waals surface area contributed by atoms with Crippen LogP contribution in [0.4, 0.5) is 5.69 Å². The second kappa shape index (κ2) is 3.96. The lowest BCUT2D eigenvalue weighted by atomic mass is 10.1. The third-order valence-corrected chi connectivity index (χ3v) is 2.06. The molecule has 0 bridgehead atoms. The van der Waals surface area contributed by atoms with Crippen molar-refractivity contribution in [2.75, 3.05) is 12.8 Å². The van der Waals surface area contributed by atoms with Gasteiger partial charge in [0.1, 0.15) is 5.75 Å². The van der Waals surface area contributed by atoms with Gasteiger partial charge in [0, 0.05) is 5.56 Å². The molecule has 0 atom stereocenters. The van der Waals surface area contributed by atoms with Crippen LogP contribution in [0.25, 0.3) is 11.3 Å². The number of ether oxygens (including phenoxy) is 1. The SMILES string of the molecule is COc1ccccc1-c1cc(N)cnn1. The highest BCUT2D eigenvalue weighted by atomic mass is 16.5. The molecule has 0 aliphatic carbocycles. The van der Waals surface area contributed by atoms with Crippen molar-refractivity contribution < 1.29 is 4.74 Å². The first kappa shape index (κ1) is 9.45. The van der Waals surface area contributed by atoms with Crippen molar-refractivity contribution >= 4 is 5.69 Å². The molecule has 2 rings (SSSR count). The van der Waals surface area contributed by atoms with E-state index in [2.05, 4.69) is 10.2 Å². The highest BCUT2D eigenvalue weighted by molar-refractivity contribution is 5.68. The van der Waals surface area contributed by atoms with Crippen LogP contribution in [-0.4, -0.2) is 17.3 Å². The predicted molar refractivity (Wildman–Crippen MR) is 58.4 cm³/mol. The first-order valence-corrected chi connectivity index (χ1v) is 4.53. The van der Waals surface area contributed by atoms with Crippen molar-refractivity contribution in [3.05, 3.63) is 36.5 Å². The fourth-order valence-electron chi connectivity index (χ4n) is 1.37. The van der Waals surface area contributed by atoms with Gasteiger partial charge in [-0.05, 0) is 18.2 Å². The molecule has 0 saturated carbocycles. The van der Waals surface area contributed by atoms with E-state index < -0.39 is 0 Å². The van der Waals surface area contributed by atoms with E-state index in [0.717, 1.165) is 11.3 Å². The van der Waals surface area contributed by atoms with Crippen LogP contribution in [0.1, 0.15) is 0 Å². The Morgan fingerprint density at radius 3 is 2.80 bits per heavy atom. The second-order valence-electron chi connectivity index (χ2n) is 3.07. The molecule has 0 radical (unpaired) electrons. The van der Waals surface area contributed by atoms with Crippen molar-refractivity contribution in [3.63, 3.8) is 0 Å². The first-order valence-electron chi connectivity index (χ1n) is 4.53. The van der Waals surface area contributed by atoms with Crippen molar-refractivity contribution in [3.8, 4) is 17.0 Å². The molecule has 2 aromatic rings. The lowest BCUT2D eigenvalue weighted by Crippen LogP contribution is -1.94. The number of nitrogens with zero attached hydrogens (tertiary/aromatic N) is 2. The Morgan fingerprint density at radius 1 is 1.27 bits per heavy atom. The zero-order valence-electron chi connectivity index (χ0n) is 8.34. The Bertz CT molecular complexity index is 471. The smallest absolute Gasteiger partial charge is 0.128 e. The molecule has 0 spiro atoms. The summed E-state index contributed by atoms with van der Waals surface area (Å²) in [5.74, 6) is 0.761. The molecule has 0 aliphatic heterocycles. The van der Waals surface area contributed by atoms with E-state index in [9.17, 15) is 0 Å². The van der Waals surface area contributed by atoms with Crippen LogP contribution in [0.3, 0.4) is 0 Å². The first-order chi connectivity index (χ1) is 7.31. The molecule has 1 aromatic heterocycles. The molecule has 76 valence electrons. The Balaban J connectivity index is 2.53. The van der Waals surface area contributed by atoms with Gasteiger partial charge >= 0.3 is 0 Å². The minimum Gasteiger partial charge on any atom is -0.496 e. The zero-order valence-corrected chi connectivity index (χ0v) is 8.34. The van der Waals surface area contributed by atoms with E-state index in [1.807, 2.05) is 24.3 Å². The van der Waals surface area contributed by atoms with E-state index in [1.165, 1.54) is 6.20 Å². The Hall–Kier alpha value is -2.10. The van der Waals surface area contributed by atoms with E-state index in [0.29, 0.717) is 11.4 Å². The van der Waals surface area contributed by atoms with Crippen LogP contribution in [0.15, 0.2) is 36.5 Å². The summed E-state index contributed by atoms with van der Waals surface area (Å²) >= 11 is 0. The molecule has 4 heteroatoms. The summed E-state index contributed by atoms with van der Waals surface area (Å²) in [7, 11) is 1.62. The summed E-state index contributed by atoms with van der Waals surface area (Å²) in [6.07, 6.45) is 1.51. The Labute approximate surface area is 87.7 Å². The minimum atomic E-state index is 0.589. The maximum absolute atomic E-state index is 5.64. The highest BCUT2D eigenvalue weighted by Gasteiger charge is 2.06. The van der Waals surface area contributed by atoms with Crippen LogP contribution in [-0.2, 0) is 0 Å². The molecule has 0 unspecified atom stereocenters. The summed E-state index contributed by atoms with van der Waals surface area (Å²) in [4.78, 5) is 0. The summed E-state index contributed by atoms with van der Waals surface area (Å²) in [6.45, 7) is 0. The third-order valence-electron chi connectivity index (χ3n) is 2.06. The van der Waals surface area contributed by atoms with Crippen molar-refractivity contribution in [2.45, 2.75) is 0 Å². The molecule has 0 aliphatic rings. The molecule has 1 heterocycles. The van der Waals surface area contributed by atoms with Gasteiger partial charge in [0.2, 0.25) is 0 Å². The maximum Gasteiger partial charge on any atom is 0.128 e. The second-order valence-corrected chi connectivity index (χ2v) is 3.07. The lowest BCUT2D eigenvalue weighted by Gasteiger charge is -2.06. The average Bonchev–Trinajstić information content (AvgIpc) is 2.29. The van der Waals surface area contributed by atoms with E-state index in [4.69, 9.17) is 10.5 Å². The molecule has 15 heavy (non-hydrogen) atoms. The van der Waals surface area contributed by atoms with Gasteiger partial charge in [-0.3, -0.25) is 0 Å². The third kappa shape index (κ3) is 1.88. The van der Waals surface area contributed by atoms with Gasteiger partial charge in [0.05, 0.1) is 24.7 Å². The Kier molecular flexibility index (Phi) is 2.49. The normalized spacial score (nSPS) is 9.93. The van der Waals surface area contributed by atoms with Gasteiger partial charge in [-0.2, -0.15) is 10.2 Å². The van der Waals surface area contributed by atoms with Crippen LogP contribution in [0.2, 0.25) is 0 Å². The monoisotopic (exact) mass is 201 g/mol. The van der Waals surface area contributed by atoms with Gasteiger partial charge < -0.3 is 10.5 Å². The van der Waals surface area contributed by atoms with E-state index in [-0.39, 0.29) is 0 Å². The fraction of sp³-hybridized carbons (Fsp3) is 0.0909. The number of rotatable bonds is 2. The number of methoxy groups -OCH3 is 1. The van der Waals surface area contributed by atoms with Crippen LogP contribution in [0.5, 0.6) is 5.75 Å². The molecule has 1 aromatic carbocycles. The summed E-state index contributed by atoms with van der Waals surface area (Å²) < 4.78 is 5.23. The molecule has 0 saturated heterocycles. The van der Waals surface area contributed by atoms with Crippen molar-refractivity contribution in [2.24, 2.45) is 0 Å². The van der Waals surface area contributed by atoms with E-state index >= 15 is 0 Å². The molecule has 0 fully saturated rings. The van der Waals surface area contributed by atoms with Gasteiger partial charge in [-0.25, -0.2) is 0 Å². The number of hydrogen-bond donors (Lipinski definition) is 1. The topological polar surface area (TPSA) is 61.0 Å². The minimum absolute atomic E-state index is 0.589. The van der Waals surface area contributed by atoms with Gasteiger partial charge in [0.15, 0.2) is 0 Å². The predicted octanol–water partition coefficient (Wildman–Crippen LogP) is 1.73. The molecule has 2 N–H and O–H groups in total. The number of hydrogen-bond acceptors (Lipinski definition) is 4. The molecule has 4 nitrogen and oxygen atoms in total. The maximum atomic E-state index is 5.64. The Morgan fingerprint density at radius 2 is 2.07 bits per heavy atom. The van der Waals surface area contributed by atoms with Crippen molar-refractivity contribution in [1.82, 2.24) is 10.2 Å². The highest BCUT2D eigenvalue weighted by Crippen LogP contribution is 2.28. The largest absolute Gasteiger partial charge is 0.496 e. The number of aromatic nitrogens is 2. The van der Waals surface area contributed by atoms with E-state index in [1.54, 1.807) is 13.2 Å². The number of nitrogens with two attached hydrogens (primary N) is 1. The number of para-hydroxylation sites is 1. The summed E-state index contributed by atoms with van der Waals surface area (Å²) in [5, 5.41) is 7.81. The van der Waals surface area contributed by atoms with Crippen LogP contribution < -0.4 is 10.5 Å². The molecular formula is C11H11N3O. The van der Waals surface area contributed by atoms with Gasteiger partial charge in [-0.15, -0.1) is 0 Å². The van der Waals surface area contributed by atoms with Crippen LogP contribution >= 0.6 is 0 Å². The summed E-state index contributed by atoms with van der Waals surface area (Å²) in [6, 6.07) is 9.39. The quantitative estimate of drug-likeness (QED) is 0.803. The number of nitrogen functional groups attached to an aromatic ring is 1. The average molecular weight is 201 g/mol. The van der Waals surface area contributed by atoms with Gasteiger partial charge in [0.25, 0.3) is 0 Å². The fourth-order valence-corrected chi connectivity index (χ4v) is 1.37. The lowest BCUT2D eigenvalue weighted by molar-refractivity contribution is 0.416. The zero-order chi connectivity index (χ0) is 10.7. The standard InChI is InChI=1S/C11H11N3O/c1-15-11-5-3-2-4-9(11)10-6-8(12)7-13-14-10/h2-7H,1H3,(H2,12,14). The molecule has 0 amide bonds.